The van der Waals surface area contributed by atoms with E-state index in [4.69, 9.17) is 4.74 Å². The number of amides is 2. The number of carboxylic acid groups (broad SMARTS) is 1. The monoisotopic (exact) mass is 296 g/mol. The lowest BCUT2D eigenvalue weighted by molar-refractivity contribution is -0.148. The maximum atomic E-state index is 12.9. The smallest absolute Gasteiger partial charge is 0.329 e. The third-order valence-corrected chi connectivity index (χ3v) is 3.62. The number of carbonyl (C=O) groups is 2. The predicted octanol–water partition coefficient (Wildman–Crippen LogP) is 1.61. The minimum absolute atomic E-state index is 0.214. The fourth-order valence-corrected chi connectivity index (χ4v) is 2.18. The lowest BCUT2D eigenvalue weighted by atomic mass is 9.90. The molecule has 7 heteroatoms. The van der Waals surface area contributed by atoms with E-state index in [1.165, 1.54) is 36.2 Å². The van der Waals surface area contributed by atoms with Crippen LogP contribution in [0.2, 0.25) is 0 Å². The van der Waals surface area contributed by atoms with Gasteiger partial charge in [-0.2, -0.15) is 0 Å². The van der Waals surface area contributed by atoms with Crippen LogP contribution in [0.4, 0.5) is 14.9 Å². The number of anilines is 1. The van der Waals surface area contributed by atoms with Crippen LogP contribution in [0.5, 0.6) is 0 Å². The molecule has 1 aromatic rings. The number of hydrogen-bond acceptors (Lipinski definition) is 3. The largest absolute Gasteiger partial charge is 0.480 e. The van der Waals surface area contributed by atoms with E-state index >= 15 is 0 Å². The molecule has 0 saturated carbocycles. The lowest BCUT2D eigenvalue weighted by Crippen LogP contribution is -2.59. The number of halogens is 1. The zero-order valence-corrected chi connectivity index (χ0v) is 11.6. The topological polar surface area (TPSA) is 78.9 Å². The standard InChI is InChI=1S/C14H17FN2O4/c1-17(11-4-2-10(15)3-5-11)13(20)16-14(12(18)19)6-8-21-9-7-14/h2-5H,6-9H2,1H3,(H,16,20)(H,18,19). The van der Waals surface area contributed by atoms with Crippen molar-refractivity contribution in [2.45, 2.75) is 18.4 Å². The zero-order chi connectivity index (χ0) is 15.5. The van der Waals surface area contributed by atoms with Crippen molar-refractivity contribution in [3.8, 4) is 0 Å². The highest BCUT2D eigenvalue weighted by molar-refractivity contribution is 5.95. The molecular weight excluding hydrogens is 279 g/mol. The Kier molecular flexibility index (Phi) is 4.42. The van der Waals surface area contributed by atoms with Gasteiger partial charge in [0.15, 0.2) is 0 Å². The SMILES string of the molecule is CN(C(=O)NC1(C(=O)O)CCOCC1)c1ccc(F)cc1. The number of hydrogen-bond donors (Lipinski definition) is 2. The van der Waals surface area contributed by atoms with Gasteiger partial charge in [0.2, 0.25) is 0 Å². The molecule has 0 aromatic heterocycles. The van der Waals surface area contributed by atoms with Crippen molar-refractivity contribution in [2.75, 3.05) is 25.2 Å². The molecule has 0 aliphatic carbocycles. The van der Waals surface area contributed by atoms with Crippen molar-refractivity contribution in [3.63, 3.8) is 0 Å². The van der Waals surface area contributed by atoms with Gasteiger partial charge in [0, 0.05) is 38.8 Å². The summed E-state index contributed by atoms with van der Waals surface area (Å²) in [6, 6.07) is 4.82. The molecular formula is C14H17FN2O4. The summed E-state index contributed by atoms with van der Waals surface area (Å²) in [5, 5.41) is 11.9. The summed E-state index contributed by atoms with van der Waals surface area (Å²) in [5.41, 5.74) is -0.842. The van der Waals surface area contributed by atoms with E-state index in [2.05, 4.69) is 5.32 Å². The highest BCUT2D eigenvalue weighted by Gasteiger charge is 2.42. The molecule has 0 spiro atoms. The van der Waals surface area contributed by atoms with E-state index in [1.54, 1.807) is 0 Å². The molecule has 1 aliphatic heterocycles. The molecule has 1 heterocycles. The summed E-state index contributed by atoms with van der Waals surface area (Å²) in [6.07, 6.45) is 0.427. The molecule has 1 aromatic carbocycles. The van der Waals surface area contributed by atoms with Gasteiger partial charge < -0.3 is 15.2 Å². The Labute approximate surface area is 121 Å². The fourth-order valence-electron chi connectivity index (χ4n) is 2.18. The Hall–Kier alpha value is -2.15. The number of rotatable bonds is 3. The third kappa shape index (κ3) is 3.30. The minimum Gasteiger partial charge on any atom is -0.480 e. The van der Waals surface area contributed by atoms with E-state index in [0.29, 0.717) is 5.69 Å². The lowest BCUT2D eigenvalue weighted by Gasteiger charge is -2.35. The maximum Gasteiger partial charge on any atom is 0.329 e. The fraction of sp³-hybridized carbons (Fsp3) is 0.429. The quantitative estimate of drug-likeness (QED) is 0.888. The van der Waals surface area contributed by atoms with Crippen LogP contribution in [-0.4, -0.2) is 42.9 Å². The van der Waals surface area contributed by atoms with Crippen molar-refractivity contribution < 1.29 is 23.8 Å². The first-order chi connectivity index (χ1) is 9.94. The highest BCUT2D eigenvalue weighted by Crippen LogP contribution is 2.22. The van der Waals surface area contributed by atoms with Crippen LogP contribution in [0, 0.1) is 5.82 Å². The first-order valence-electron chi connectivity index (χ1n) is 6.57. The Morgan fingerprint density at radius 2 is 1.86 bits per heavy atom. The number of benzene rings is 1. The normalized spacial score (nSPS) is 17.0. The number of urea groups is 1. The molecule has 0 radical (unpaired) electrons. The van der Waals surface area contributed by atoms with Crippen LogP contribution in [-0.2, 0) is 9.53 Å². The van der Waals surface area contributed by atoms with Gasteiger partial charge in [-0.3, -0.25) is 4.90 Å². The molecule has 21 heavy (non-hydrogen) atoms. The summed E-state index contributed by atoms with van der Waals surface area (Å²) in [5.74, 6) is -1.48. The van der Waals surface area contributed by atoms with E-state index in [-0.39, 0.29) is 26.1 Å². The van der Waals surface area contributed by atoms with E-state index in [1.807, 2.05) is 0 Å². The average Bonchev–Trinajstić information content (AvgIpc) is 2.48. The molecule has 1 aliphatic rings. The first kappa shape index (κ1) is 15.2. The van der Waals surface area contributed by atoms with Crippen molar-refractivity contribution in [1.29, 1.82) is 0 Å². The summed E-state index contributed by atoms with van der Waals surface area (Å²) in [7, 11) is 1.50. The number of aliphatic carboxylic acids is 1. The minimum atomic E-state index is -1.32. The molecule has 2 amide bonds. The van der Waals surface area contributed by atoms with E-state index < -0.39 is 23.4 Å². The first-order valence-corrected chi connectivity index (χ1v) is 6.57. The Morgan fingerprint density at radius 1 is 1.29 bits per heavy atom. The van der Waals surface area contributed by atoms with Gasteiger partial charge in [-0.15, -0.1) is 0 Å². The number of carbonyl (C=O) groups excluding carboxylic acids is 1. The molecule has 114 valence electrons. The third-order valence-electron chi connectivity index (χ3n) is 3.62. The maximum absolute atomic E-state index is 12.9. The summed E-state index contributed by atoms with van der Waals surface area (Å²) in [6.45, 7) is 0.569. The molecule has 6 nitrogen and oxygen atoms in total. The number of carboxylic acids is 1. The average molecular weight is 296 g/mol. The van der Waals surface area contributed by atoms with Gasteiger partial charge in [-0.05, 0) is 24.3 Å². The highest BCUT2D eigenvalue weighted by atomic mass is 19.1. The van der Waals surface area contributed by atoms with Gasteiger partial charge in [-0.1, -0.05) is 0 Å². The second kappa shape index (κ2) is 6.09. The Balaban J connectivity index is 2.11. The molecule has 1 saturated heterocycles. The van der Waals surface area contributed by atoms with Gasteiger partial charge in [-0.25, -0.2) is 14.0 Å². The van der Waals surface area contributed by atoms with Crippen molar-refractivity contribution in [3.05, 3.63) is 30.1 Å². The summed E-state index contributed by atoms with van der Waals surface area (Å²) >= 11 is 0. The molecule has 2 N–H and O–H groups in total. The van der Waals surface area contributed by atoms with Crippen LogP contribution in [0.3, 0.4) is 0 Å². The van der Waals surface area contributed by atoms with Crippen LogP contribution in [0.1, 0.15) is 12.8 Å². The van der Waals surface area contributed by atoms with E-state index in [9.17, 15) is 19.1 Å². The second-order valence-electron chi connectivity index (χ2n) is 4.97. The zero-order valence-electron chi connectivity index (χ0n) is 11.6. The number of nitrogens with one attached hydrogen (secondary N) is 1. The van der Waals surface area contributed by atoms with Crippen LogP contribution in [0.25, 0.3) is 0 Å². The van der Waals surface area contributed by atoms with Gasteiger partial charge in [0.25, 0.3) is 0 Å². The molecule has 2 rings (SSSR count). The van der Waals surface area contributed by atoms with Gasteiger partial charge in [0.1, 0.15) is 11.4 Å². The van der Waals surface area contributed by atoms with Gasteiger partial charge in [0.05, 0.1) is 0 Å². The van der Waals surface area contributed by atoms with E-state index in [0.717, 1.165) is 0 Å². The second-order valence-corrected chi connectivity index (χ2v) is 4.97. The van der Waals surface area contributed by atoms with Crippen LogP contribution >= 0.6 is 0 Å². The van der Waals surface area contributed by atoms with Crippen LogP contribution < -0.4 is 10.2 Å². The van der Waals surface area contributed by atoms with Crippen LogP contribution in [0.15, 0.2) is 24.3 Å². The predicted molar refractivity (Wildman–Crippen MR) is 73.8 cm³/mol. The molecule has 1 fully saturated rings. The molecule has 0 atom stereocenters. The molecule has 0 bridgehead atoms. The number of ether oxygens (including phenoxy) is 1. The van der Waals surface area contributed by atoms with Crippen molar-refractivity contribution in [2.24, 2.45) is 0 Å². The van der Waals surface area contributed by atoms with Gasteiger partial charge >= 0.3 is 12.0 Å². The summed E-state index contributed by atoms with van der Waals surface area (Å²) < 4.78 is 18.0. The number of nitrogens with zero attached hydrogens (tertiary/aromatic N) is 1. The van der Waals surface area contributed by atoms with Crippen molar-refractivity contribution in [1.82, 2.24) is 5.32 Å². The summed E-state index contributed by atoms with van der Waals surface area (Å²) in [4.78, 5) is 24.9. The Morgan fingerprint density at radius 3 is 2.38 bits per heavy atom. The molecule has 0 unspecified atom stereocenters. The Bertz CT molecular complexity index is 526. The van der Waals surface area contributed by atoms with Crippen molar-refractivity contribution >= 4 is 17.7 Å².